The van der Waals surface area contributed by atoms with E-state index in [4.69, 9.17) is 27.9 Å². The molecular weight excluding hydrogens is 377 g/mol. The summed E-state index contributed by atoms with van der Waals surface area (Å²) < 4.78 is 4.99. The molecule has 3 rings (SSSR count). The molecule has 136 valence electrons. The Morgan fingerprint density at radius 3 is 2.69 bits per heavy atom. The first kappa shape index (κ1) is 18.5. The molecule has 1 atom stereocenters. The summed E-state index contributed by atoms with van der Waals surface area (Å²) in [6.45, 7) is 0.512. The van der Waals surface area contributed by atoms with Crippen LogP contribution in [0.5, 0.6) is 5.88 Å². The standard InChI is InChI=1S/C18H17Cl2N3O3/c1-26-16-7-5-12(10-21-16)22-17(24)15-3-2-8-23(15)18(25)11-4-6-13(19)14(20)9-11/h4-7,9-10,15H,2-3,8H2,1H3,(H,22,24)/t15-/m1/s1. The smallest absolute Gasteiger partial charge is 0.254 e. The van der Waals surface area contributed by atoms with Gasteiger partial charge in [-0.3, -0.25) is 9.59 Å². The van der Waals surface area contributed by atoms with Gasteiger partial charge in [0.2, 0.25) is 11.8 Å². The molecule has 6 nitrogen and oxygen atoms in total. The van der Waals surface area contributed by atoms with Gasteiger partial charge in [0.25, 0.3) is 5.91 Å². The molecule has 2 amide bonds. The fraction of sp³-hybridized carbons (Fsp3) is 0.278. The summed E-state index contributed by atoms with van der Waals surface area (Å²) >= 11 is 11.9. The molecule has 0 saturated carbocycles. The minimum Gasteiger partial charge on any atom is -0.481 e. The number of aromatic nitrogens is 1. The lowest BCUT2D eigenvalue weighted by Crippen LogP contribution is -2.43. The molecule has 1 N–H and O–H groups in total. The van der Waals surface area contributed by atoms with E-state index >= 15 is 0 Å². The molecule has 1 aromatic heterocycles. The molecule has 0 bridgehead atoms. The first-order valence-electron chi connectivity index (χ1n) is 8.06. The van der Waals surface area contributed by atoms with Crippen LogP contribution in [0.25, 0.3) is 0 Å². The van der Waals surface area contributed by atoms with Gasteiger partial charge < -0.3 is 15.0 Å². The van der Waals surface area contributed by atoms with E-state index in [-0.39, 0.29) is 11.8 Å². The second-order valence-electron chi connectivity index (χ2n) is 5.86. The first-order chi connectivity index (χ1) is 12.5. The summed E-state index contributed by atoms with van der Waals surface area (Å²) in [5.41, 5.74) is 0.954. The zero-order valence-electron chi connectivity index (χ0n) is 14.0. The predicted octanol–water partition coefficient (Wildman–Crippen LogP) is 3.64. The molecule has 8 heteroatoms. The van der Waals surface area contributed by atoms with Crippen LogP contribution in [0.2, 0.25) is 10.0 Å². The van der Waals surface area contributed by atoms with E-state index in [1.165, 1.54) is 19.4 Å². The van der Waals surface area contributed by atoms with E-state index in [2.05, 4.69) is 10.3 Å². The van der Waals surface area contributed by atoms with Crippen LogP contribution >= 0.6 is 23.2 Å². The number of rotatable bonds is 4. The van der Waals surface area contributed by atoms with Crippen molar-refractivity contribution in [2.24, 2.45) is 0 Å². The lowest BCUT2D eigenvalue weighted by Gasteiger charge is -2.24. The molecule has 1 aliphatic heterocycles. The number of hydrogen-bond acceptors (Lipinski definition) is 4. The van der Waals surface area contributed by atoms with Crippen LogP contribution in [0.3, 0.4) is 0 Å². The van der Waals surface area contributed by atoms with Gasteiger partial charge in [0.05, 0.1) is 29.0 Å². The molecule has 2 heterocycles. The lowest BCUT2D eigenvalue weighted by atomic mass is 10.1. The lowest BCUT2D eigenvalue weighted by molar-refractivity contribution is -0.119. The molecular formula is C18H17Cl2N3O3. The fourth-order valence-electron chi connectivity index (χ4n) is 2.88. The summed E-state index contributed by atoms with van der Waals surface area (Å²) in [6, 6.07) is 7.52. The molecule has 26 heavy (non-hydrogen) atoms. The van der Waals surface area contributed by atoms with E-state index in [9.17, 15) is 9.59 Å². The second-order valence-corrected chi connectivity index (χ2v) is 6.68. The molecule has 2 aromatic rings. The van der Waals surface area contributed by atoms with Gasteiger partial charge >= 0.3 is 0 Å². The molecule has 0 spiro atoms. The summed E-state index contributed by atoms with van der Waals surface area (Å²) in [5, 5.41) is 3.48. The SMILES string of the molecule is COc1ccc(NC(=O)[C@H]2CCCN2C(=O)c2ccc(Cl)c(Cl)c2)cn1. The molecule has 0 aliphatic carbocycles. The third kappa shape index (κ3) is 3.92. The van der Waals surface area contributed by atoms with Crippen molar-refractivity contribution < 1.29 is 14.3 Å². The molecule has 1 aliphatic rings. The Labute approximate surface area is 161 Å². The van der Waals surface area contributed by atoms with Crippen molar-refractivity contribution in [2.45, 2.75) is 18.9 Å². The third-order valence-electron chi connectivity index (χ3n) is 4.20. The summed E-state index contributed by atoms with van der Waals surface area (Å²) in [5.74, 6) is -0.0303. The van der Waals surface area contributed by atoms with Gasteiger partial charge in [-0.15, -0.1) is 0 Å². The van der Waals surface area contributed by atoms with Crippen molar-refractivity contribution in [3.05, 3.63) is 52.1 Å². The van der Waals surface area contributed by atoms with Crippen molar-refractivity contribution in [2.75, 3.05) is 19.0 Å². The molecule has 1 aromatic carbocycles. The molecule has 0 unspecified atom stereocenters. The Hall–Kier alpha value is -2.31. The van der Waals surface area contributed by atoms with Gasteiger partial charge in [0.15, 0.2) is 0 Å². The number of methoxy groups -OCH3 is 1. The number of ether oxygens (including phenoxy) is 1. The Morgan fingerprint density at radius 1 is 1.23 bits per heavy atom. The molecule has 1 saturated heterocycles. The fourth-order valence-corrected chi connectivity index (χ4v) is 3.18. The Kier molecular flexibility index (Phi) is 5.64. The highest BCUT2D eigenvalue weighted by Gasteiger charge is 2.34. The third-order valence-corrected chi connectivity index (χ3v) is 4.93. The predicted molar refractivity (Wildman–Crippen MR) is 99.9 cm³/mol. The number of nitrogens with one attached hydrogen (secondary N) is 1. The Morgan fingerprint density at radius 2 is 2.04 bits per heavy atom. The van der Waals surface area contributed by atoms with Crippen molar-refractivity contribution in [3.8, 4) is 5.88 Å². The number of carbonyl (C=O) groups is 2. The van der Waals surface area contributed by atoms with Gasteiger partial charge in [0, 0.05) is 18.2 Å². The maximum atomic E-state index is 12.8. The summed E-state index contributed by atoms with van der Waals surface area (Å²) in [4.78, 5) is 31.0. The quantitative estimate of drug-likeness (QED) is 0.860. The van der Waals surface area contributed by atoms with E-state index in [0.717, 1.165) is 6.42 Å². The number of nitrogens with zero attached hydrogens (tertiary/aromatic N) is 2. The van der Waals surface area contributed by atoms with Gasteiger partial charge in [0.1, 0.15) is 6.04 Å². The van der Waals surface area contributed by atoms with Crippen LogP contribution in [-0.2, 0) is 4.79 Å². The number of amides is 2. The Balaban J connectivity index is 1.72. The van der Waals surface area contributed by atoms with Crippen LogP contribution < -0.4 is 10.1 Å². The van der Waals surface area contributed by atoms with E-state index in [1.807, 2.05) is 0 Å². The average Bonchev–Trinajstić information content (AvgIpc) is 3.14. The minimum atomic E-state index is -0.543. The molecule has 0 radical (unpaired) electrons. The van der Waals surface area contributed by atoms with Gasteiger partial charge in [-0.2, -0.15) is 0 Å². The zero-order valence-corrected chi connectivity index (χ0v) is 15.5. The van der Waals surface area contributed by atoms with Gasteiger partial charge in [-0.05, 0) is 37.1 Å². The number of halogens is 2. The molecule has 1 fully saturated rings. The number of likely N-dealkylation sites (tertiary alicyclic amines) is 1. The maximum absolute atomic E-state index is 12.8. The maximum Gasteiger partial charge on any atom is 0.254 e. The van der Waals surface area contributed by atoms with Crippen molar-refractivity contribution in [1.82, 2.24) is 9.88 Å². The van der Waals surface area contributed by atoms with Gasteiger partial charge in [-0.1, -0.05) is 23.2 Å². The first-order valence-corrected chi connectivity index (χ1v) is 8.82. The van der Waals surface area contributed by atoms with Crippen molar-refractivity contribution in [3.63, 3.8) is 0 Å². The Bertz CT molecular complexity index is 827. The minimum absolute atomic E-state index is 0.242. The highest BCUT2D eigenvalue weighted by atomic mass is 35.5. The summed E-state index contributed by atoms with van der Waals surface area (Å²) in [6.07, 6.45) is 2.87. The largest absolute Gasteiger partial charge is 0.481 e. The van der Waals surface area contributed by atoms with Crippen LogP contribution in [0.1, 0.15) is 23.2 Å². The van der Waals surface area contributed by atoms with Crippen LogP contribution in [0.4, 0.5) is 5.69 Å². The number of anilines is 1. The number of carbonyl (C=O) groups excluding carboxylic acids is 2. The van der Waals surface area contributed by atoms with Crippen LogP contribution in [-0.4, -0.2) is 41.4 Å². The second kappa shape index (κ2) is 7.93. The van der Waals surface area contributed by atoms with Crippen LogP contribution in [0.15, 0.2) is 36.5 Å². The van der Waals surface area contributed by atoms with Crippen LogP contribution in [0, 0.1) is 0 Å². The normalized spacial score (nSPS) is 16.4. The number of hydrogen-bond donors (Lipinski definition) is 1. The summed E-state index contributed by atoms with van der Waals surface area (Å²) in [7, 11) is 1.52. The van der Waals surface area contributed by atoms with Crippen molar-refractivity contribution in [1.29, 1.82) is 0 Å². The average molecular weight is 394 g/mol. The highest BCUT2D eigenvalue weighted by molar-refractivity contribution is 6.42. The zero-order chi connectivity index (χ0) is 18.7. The van der Waals surface area contributed by atoms with E-state index in [0.29, 0.717) is 40.1 Å². The van der Waals surface area contributed by atoms with E-state index < -0.39 is 6.04 Å². The monoisotopic (exact) mass is 393 g/mol. The number of benzene rings is 1. The topological polar surface area (TPSA) is 71.5 Å². The highest BCUT2D eigenvalue weighted by Crippen LogP contribution is 2.26. The number of pyridine rings is 1. The van der Waals surface area contributed by atoms with Gasteiger partial charge in [-0.25, -0.2) is 4.98 Å². The van der Waals surface area contributed by atoms with Crippen molar-refractivity contribution >= 4 is 40.7 Å². The van der Waals surface area contributed by atoms with E-state index in [1.54, 1.807) is 29.2 Å².